The summed E-state index contributed by atoms with van der Waals surface area (Å²) >= 11 is 1.31. The maximum absolute atomic E-state index is 12.8. The summed E-state index contributed by atoms with van der Waals surface area (Å²) < 4.78 is 38.1. The summed E-state index contributed by atoms with van der Waals surface area (Å²) in [4.78, 5) is 0.940. The Morgan fingerprint density at radius 3 is 2.37 bits per heavy atom. The third-order valence-electron chi connectivity index (χ3n) is 5.03. The number of nitrogens with zero attached hydrogens (tertiary/aromatic N) is 1. The molecule has 1 aliphatic heterocycles. The van der Waals surface area contributed by atoms with Gasteiger partial charge in [-0.3, -0.25) is 0 Å². The quantitative estimate of drug-likeness (QED) is 0.504. The fourth-order valence-electron chi connectivity index (χ4n) is 3.46. The molecule has 0 saturated heterocycles. The van der Waals surface area contributed by atoms with Crippen molar-refractivity contribution in [3.05, 3.63) is 77.9 Å². The molecule has 1 aliphatic rings. The van der Waals surface area contributed by atoms with Crippen LogP contribution in [0.3, 0.4) is 0 Å². The number of benzene rings is 2. The zero-order valence-electron chi connectivity index (χ0n) is 16.9. The standard InChI is InChI=1S/C23H23NO4S2/c1-27-20-9-8-18(16-21(20)28-2)14-17-6-5-7-19(15-17)22-10-11-23(29-22)30(25,26)24-12-3-4-13-24/h3-11,15-16H,12-14H2,1-2H3. The summed E-state index contributed by atoms with van der Waals surface area (Å²) in [5.74, 6) is 1.41. The van der Waals surface area contributed by atoms with Crippen molar-refractivity contribution in [3.8, 4) is 21.9 Å². The van der Waals surface area contributed by atoms with Gasteiger partial charge in [-0.2, -0.15) is 4.31 Å². The Balaban J connectivity index is 1.56. The van der Waals surface area contributed by atoms with Crippen molar-refractivity contribution in [2.45, 2.75) is 10.6 Å². The lowest BCUT2D eigenvalue weighted by molar-refractivity contribution is 0.354. The van der Waals surface area contributed by atoms with Gasteiger partial charge < -0.3 is 9.47 Å². The van der Waals surface area contributed by atoms with E-state index in [9.17, 15) is 8.42 Å². The van der Waals surface area contributed by atoms with E-state index < -0.39 is 10.0 Å². The summed E-state index contributed by atoms with van der Waals surface area (Å²) in [5.41, 5.74) is 3.26. The number of methoxy groups -OCH3 is 2. The van der Waals surface area contributed by atoms with E-state index in [0.29, 0.717) is 28.8 Å². The van der Waals surface area contributed by atoms with Gasteiger partial charge in [-0.1, -0.05) is 42.5 Å². The molecule has 2 heterocycles. The highest BCUT2D eigenvalue weighted by atomic mass is 32.2. The van der Waals surface area contributed by atoms with Crippen LogP contribution in [0, 0.1) is 0 Å². The highest BCUT2D eigenvalue weighted by Gasteiger charge is 2.26. The second-order valence-corrected chi connectivity index (χ2v) is 10.2. The van der Waals surface area contributed by atoms with Crippen LogP contribution in [0.25, 0.3) is 10.4 Å². The zero-order valence-corrected chi connectivity index (χ0v) is 18.5. The van der Waals surface area contributed by atoms with Crippen molar-refractivity contribution in [3.63, 3.8) is 0 Å². The zero-order chi connectivity index (χ0) is 21.1. The minimum absolute atomic E-state index is 0.381. The van der Waals surface area contributed by atoms with Gasteiger partial charge in [0.2, 0.25) is 0 Å². The Labute approximate surface area is 181 Å². The SMILES string of the molecule is COc1ccc(Cc2cccc(-c3ccc(S(=O)(=O)N4CC=CC4)s3)c2)cc1OC. The first-order valence-corrected chi connectivity index (χ1v) is 11.8. The number of hydrogen-bond donors (Lipinski definition) is 0. The maximum atomic E-state index is 12.8. The number of ether oxygens (including phenoxy) is 2. The molecule has 0 atom stereocenters. The summed E-state index contributed by atoms with van der Waals surface area (Å²) in [6.07, 6.45) is 4.50. The van der Waals surface area contributed by atoms with E-state index in [1.54, 1.807) is 20.3 Å². The molecule has 2 aromatic carbocycles. The van der Waals surface area contributed by atoms with Crippen LogP contribution in [-0.4, -0.2) is 40.0 Å². The molecule has 0 amide bonds. The second-order valence-electron chi connectivity index (χ2n) is 6.98. The average molecular weight is 442 g/mol. The molecule has 7 heteroatoms. The van der Waals surface area contributed by atoms with E-state index in [1.165, 1.54) is 15.6 Å². The van der Waals surface area contributed by atoms with Crippen LogP contribution in [0.4, 0.5) is 0 Å². The predicted octanol–water partition coefficient (Wildman–Crippen LogP) is 4.58. The smallest absolute Gasteiger partial charge is 0.253 e. The van der Waals surface area contributed by atoms with Crippen molar-refractivity contribution in [1.29, 1.82) is 0 Å². The molecule has 0 radical (unpaired) electrons. The van der Waals surface area contributed by atoms with Gasteiger partial charge >= 0.3 is 0 Å². The molecule has 0 spiro atoms. The molecule has 4 rings (SSSR count). The van der Waals surface area contributed by atoms with Crippen LogP contribution < -0.4 is 9.47 Å². The fraction of sp³-hybridized carbons (Fsp3) is 0.217. The van der Waals surface area contributed by atoms with E-state index in [2.05, 4.69) is 12.1 Å². The van der Waals surface area contributed by atoms with E-state index in [-0.39, 0.29) is 0 Å². The predicted molar refractivity (Wildman–Crippen MR) is 120 cm³/mol. The summed E-state index contributed by atoms with van der Waals surface area (Å²) in [5, 5.41) is 0. The molecule has 0 fully saturated rings. The third-order valence-corrected chi connectivity index (χ3v) is 8.46. The fourth-order valence-corrected chi connectivity index (χ4v) is 6.26. The van der Waals surface area contributed by atoms with Crippen LogP contribution >= 0.6 is 11.3 Å². The Morgan fingerprint density at radius 1 is 0.900 bits per heavy atom. The van der Waals surface area contributed by atoms with E-state index in [0.717, 1.165) is 28.0 Å². The Hall–Kier alpha value is -2.61. The van der Waals surface area contributed by atoms with Crippen LogP contribution in [0.15, 0.2) is 71.0 Å². The molecular weight excluding hydrogens is 418 g/mol. The largest absolute Gasteiger partial charge is 0.493 e. The van der Waals surface area contributed by atoms with Crippen LogP contribution in [0.2, 0.25) is 0 Å². The van der Waals surface area contributed by atoms with Crippen LogP contribution in [0.1, 0.15) is 11.1 Å². The van der Waals surface area contributed by atoms with Gasteiger partial charge in [0.25, 0.3) is 10.0 Å². The molecule has 0 unspecified atom stereocenters. The topological polar surface area (TPSA) is 55.8 Å². The highest BCUT2D eigenvalue weighted by Crippen LogP contribution is 2.34. The minimum Gasteiger partial charge on any atom is -0.493 e. The number of sulfonamides is 1. The molecule has 3 aromatic rings. The molecule has 0 N–H and O–H groups in total. The van der Waals surface area contributed by atoms with E-state index >= 15 is 0 Å². The lowest BCUT2D eigenvalue weighted by Crippen LogP contribution is -2.27. The van der Waals surface area contributed by atoms with Crippen LogP contribution in [0.5, 0.6) is 11.5 Å². The Morgan fingerprint density at radius 2 is 1.63 bits per heavy atom. The first kappa shape index (κ1) is 20.7. The molecular formula is C23H23NO4S2. The van der Waals surface area contributed by atoms with Crippen molar-refractivity contribution in [2.75, 3.05) is 27.3 Å². The third kappa shape index (κ3) is 4.14. The van der Waals surface area contributed by atoms with Crippen molar-refractivity contribution in [2.24, 2.45) is 0 Å². The maximum Gasteiger partial charge on any atom is 0.253 e. The number of thiophene rings is 1. The Kier molecular flexibility index (Phi) is 5.94. The molecule has 156 valence electrons. The normalized spacial score (nSPS) is 14.2. The molecule has 1 aromatic heterocycles. The van der Waals surface area contributed by atoms with Crippen molar-refractivity contribution < 1.29 is 17.9 Å². The van der Waals surface area contributed by atoms with E-state index in [1.807, 2.05) is 48.6 Å². The molecule has 0 saturated carbocycles. The van der Waals surface area contributed by atoms with Gasteiger partial charge in [0.15, 0.2) is 11.5 Å². The highest BCUT2D eigenvalue weighted by molar-refractivity contribution is 7.91. The molecule has 30 heavy (non-hydrogen) atoms. The van der Waals surface area contributed by atoms with E-state index in [4.69, 9.17) is 9.47 Å². The minimum atomic E-state index is -3.44. The second kappa shape index (κ2) is 8.63. The monoisotopic (exact) mass is 441 g/mol. The number of rotatable bonds is 7. The van der Waals surface area contributed by atoms with Gasteiger partial charge in [-0.15, -0.1) is 11.3 Å². The van der Waals surface area contributed by atoms with Crippen molar-refractivity contribution in [1.82, 2.24) is 4.31 Å². The molecule has 0 bridgehead atoms. The van der Waals surface area contributed by atoms with Crippen molar-refractivity contribution >= 4 is 21.4 Å². The van der Waals surface area contributed by atoms with Gasteiger partial charge in [0.1, 0.15) is 4.21 Å². The lowest BCUT2D eigenvalue weighted by atomic mass is 10.0. The first-order valence-electron chi connectivity index (χ1n) is 9.56. The van der Waals surface area contributed by atoms with Gasteiger partial charge in [-0.05, 0) is 47.4 Å². The summed E-state index contributed by atoms with van der Waals surface area (Å²) in [6.45, 7) is 0.882. The molecule has 0 aliphatic carbocycles. The summed E-state index contributed by atoms with van der Waals surface area (Å²) in [6, 6.07) is 17.7. The van der Waals surface area contributed by atoms with Gasteiger partial charge in [0, 0.05) is 18.0 Å². The Bertz CT molecular complexity index is 1170. The van der Waals surface area contributed by atoms with Crippen LogP contribution in [-0.2, 0) is 16.4 Å². The first-order chi connectivity index (χ1) is 14.5. The van der Waals surface area contributed by atoms with Gasteiger partial charge in [0.05, 0.1) is 14.2 Å². The van der Waals surface area contributed by atoms with Gasteiger partial charge in [-0.25, -0.2) is 8.42 Å². The average Bonchev–Trinajstić information content (AvgIpc) is 3.47. The summed E-state index contributed by atoms with van der Waals surface area (Å²) in [7, 11) is -0.186. The number of hydrogen-bond acceptors (Lipinski definition) is 5. The lowest BCUT2D eigenvalue weighted by Gasteiger charge is -2.13. The molecule has 5 nitrogen and oxygen atoms in total.